The topological polar surface area (TPSA) is 72.7 Å². The summed E-state index contributed by atoms with van der Waals surface area (Å²) in [4.78, 5) is 20.8. The maximum atomic E-state index is 12.4. The lowest BCUT2D eigenvalue weighted by Crippen LogP contribution is -2.12. The number of rotatable bonds is 5. The van der Waals surface area contributed by atoms with E-state index in [0.717, 1.165) is 21.8 Å². The van der Waals surface area contributed by atoms with Crippen molar-refractivity contribution in [2.75, 3.05) is 5.32 Å². The van der Waals surface area contributed by atoms with E-state index in [1.54, 1.807) is 16.4 Å². The molecule has 26 heavy (non-hydrogen) atoms. The van der Waals surface area contributed by atoms with Gasteiger partial charge in [-0.2, -0.15) is 5.10 Å². The van der Waals surface area contributed by atoms with Crippen molar-refractivity contribution >= 4 is 22.9 Å². The Morgan fingerprint density at radius 1 is 1.08 bits per heavy atom. The first-order chi connectivity index (χ1) is 12.8. The van der Waals surface area contributed by atoms with Crippen LogP contribution in [0.15, 0.2) is 72.6 Å². The molecular formula is C19H15N5OS. The number of hydrogen-bond acceptors (Lipinski definition) is 5. The van der Waals surface area contributed by atoms with Gasteiger partial charge in [0.15, 0.2) is 0 Å². The minimum Gasteiger partial charge on any atom is -0.321 e. The Balaban J connectivity index is 1.42. The van der Waals surface area contributed by atoms with E-state index in [1.807, 2.05) is 54.6 Å². The molecular weight excluding hydrogens is 346 g/mol. The van der Waals surface area contributed by atoms with Gasteiger partial charge in [-0.25, -0.2) is 14.6 Å². The molecule has 0 spiro atoms. The number of aromatic nitrogens is 4. The van der Waals surface area contributed by atoms with Crippen LogP contribution in [0.25, 0.3) is 10.6 Å². The summed E-state index contributed by atoms with van der Waals surface area (Å²) in [6.45, 7) is 0.640. The Kier molecular flexibility index (Phi) is 4.53. The molecule has 0 fully saturated rings. The highest BCUT2D eigenvalue weighted by atomic mass is 32.1. The molecule has 0 aliphatic carbocycles. The van der Waals surface area contributed by atoms with Crippen molar-refractivity contribution in [3.05, 3.63) is 83.9 Å². The fourth-order valence-corrected chi connectivity index (χ4v) is 3.29. The van der Waals surface area contributed by atoms with Gasteiger partial charge in [0.2, 0.25) is 0 Å². The summed E-state index contributed by atoms with van der Waals surface area (Å²) in [6, 6.07) is 17.5. The van der Waals surface area contributed by atoms with Gasteiger partial charge in [-0.05, 0) is 17.7 Å². The van der Waals surface area contributed by atoms with E-state index in [1.165, 1.54) is 17.7 Å². The quantitative estimate of drug-likeness (QED) is 0.588. The highest BCUT2D eigenvalue weighted by Gasteiger charge is 2.12. The Labute approximate surface area is 154 Å². The molecule has 0 aliphatic rings. The smallest absolute Gasteiger partial charge is 0.275 e. The first-order valence-corrected chi connectivity index (χ1v) is 8.89. The fraction of sp³-hybridized carbons (Fsp3) is 0.0526. The third-order valence-electron chi connectivity index (χ3n) is 3.78. The van der Waals surface area contributed by atoms with Crippen LogP contribution in [0.4, 0.5) is 5.69 Å². The highest BCUT2D eigenvalue weighted by molar-refractivity contribution is 7.13. The number of amides is 1. The van der Waals surface area contributed by atoms with Crippen molar-refractivity contribution in [3.63, 3.8) is 0 Å². The lowest BCUT2D eigenvalue weighted by Gasteiger charge is -2.05. The summed E-state index contributed by atoms with van der Waals surface area (Å²) in [5.41, 5.74) is 3.23. The monoisotopic (exact) mass is 361 g/mol. The standard InChI is InChI=1S/C19H15N5OS/c25-18(17-11-26-19(23-17)15-4-2-1-3-5-15)22-16-8-6-14(7-9-16)10-24-13-20-12-21-24/h1-9,11-13H,10H2,(H,22,25). The molecule has 1 N–H and O–H groups in total. The van der Waals surface area contributed by atoms with Crippen LogP contribution in [0.5, 0.6) is 0 Å². The van der Waals surface area contributed by atoms with Gasteiger partial charge >= 0.3 is 0 Å². The van der Waals surface area contributed by atoms with Gasteiger partial charge in [-0.3, -0.25) is 4.79 Å². The maximum absolute atomic E-state index is 12.4. The van der Waals surface area contributed by atoms with Crippen molar-refractivity contribution < 1.29 is 4.79 Å². The third-order valence-corrected chi connectivity index (χ3v) is 4.67. The lowest BCUT2D eigenvalue weighted by molar-refractivity contribution is 0.102. The first kappa shape index (κ1) is 16.2. The molecule has 128 valence electrons. The summed E-state index contributed by atoms with van der Waals surface area (Å²) in [5, 5.41) is 9.56. The van der Waals surface area contributed by atoms with Crippen LogP contribution in [-0.2, 0) is 6.54 Å². The molecule has 7 heteroatoms. The van der Waals surface area contributed by atoms with Gasteiger partial charge in [0.25, 0.3) is 5.91 Å². The molecule has 0 unspecified atom stereocenters. The number of nitrogens with one attached hydrogen (secondary N) is 1. The number of thiazole rings is 1. The van der Waals surface area contributed by atoms with E-state index in [0.29, 0.717) is 12.2 Å². The molecule has 0 bridgehead atoms. The Bertz CT molecular complexity index is 994. The number of carbonyl (C=O) groups is 1. The third kappa shape index (κ3) is 3.68. The van der Waals surface area contributed by atoms with Gasteiger partial charge in [0, 0.05) is 16.6 Å². The Hall–Kier alpha value is -3.32. The van der Waals surface area contributed by atoms with Crippen molar-refractivity contribution in [3.8, 4) is 10.6 Å². The second-order valence-electron chi connectivity index (χ2n) is 5.65. The zero-order valence-electron chi connectivity index (χ0n) is 13.7. The normalized spacial score (nSPS) is 10.6. The minimum absolute atomic E-state index is 0.215. The number of benzene rings is 2. The average molecular weight is 361 g/mol. The predicted molar refractivity (Wildman–Crippen MR) is 101 cm³/mol. The molecule has 6 nitrogen and oxygen atoms in total. The van der Waals surface area contributed by atoms with Crippen molar-refractivity contribution in [2.24, 2.45) is 0 Å². The molecule has 4 rings (SSSR count). The van der Waals surface area contributed by atoms with Crippen molar-refractivity contribution in [1.82, 2.24) is 19.7 Å². The zero-order valence-corrected chi connectivity index (χ0v) is 14.6. The summed E-state index contributed by atoms with van der Waals surface area (Å²) in [6.07, 6.45) is 3.17. The predicted octanol–water partition coefficient (Wildman–Crippen LogP) is 3.70. The SMILES string of the molecule is O=C(Nc1ccc(Cn2cncn2)cc1)c1csc(-c2ccccc2)n1. The maximum Gasteiger partial charge on any atom is 0.275 e. The van der Waals surface area contributed by atoms with E-state index in [4.69, 9.17) is 0 Å². The summed E-state index contributed by atoms with van der Waals surface area (Å²) < 4.78 is 1.74. The van der Waals surface area contributed by atoms with Crippen molar-refractivity contribution in [1.29, 1.82) is 0 Å². The van der Waals surface area contributed by atoms with E-state index >= 15 is 0 Å². The second kappa shape index (κ2) is 7.28. The van der Waals surface area contributed by atoms with Gasteiger partial charge < -0.3 is 5.32 Å². The largest absolute Gasteiger partial charge is 0.321 e. The molecule has 0 saturated heterocycles. The molecule has 0 atom stereocenters. The first-order valence-electron chi connectivity index (χ1n) is 8.01. The van der Waals surface area contributed by atoms with Gasteiger partial charge in [-0.15, -0.1) is 11.3 Å². The van der Waals surface area contributed by atoms with Crippen molar-refractivity contribution in [2.45, 2.75) is 6.54 Å². The van der Waals surface area contributed by atoms with E-state index in [9.17, 15) is 4.79 Å². The molecule has 2 heterocycles. The summed E-state index contributed by atoms with van der Waals surface area (Å²) >= 11 is 1.46. The number of anilines is 1. The minimum atomic E-state index is -0.215. The Morgan fingerprint density at radius 3 is 2.62 bits per heavy atom. The number of nitrogens with zero attached hydrogens (tertiary/aromatic N) is 4. The molecule has 1 amide bonds. The number of hydrogen-bond donors (Lipinski definition) is 1. The van der Waals surface area contributed by atoms with Gasteiger partial charge in [0.1, 0.15) is 23.4 Å². The van der Waals surface area contributed by atoms with Crippen LogP contribution in [0, 0.1) is 0 Å². The molecule has 0 saturated carbocycles. The van der Waals surface area contributed by atoms with E-state index in [-0.39, 0.29) is 5.91 Å². The van der Waals surface area contributed by atoms with Crippen LogP contribution < -0.4 is 5.32 Å². The molecule has 0 aliphatic heterocycles. The lowest BCUT2D eigenvalue weighted by atomic mass is 10.2. The van der Waals surface area contributed by atoms with Gasteiger partial charge in [0.05, 0.1) is 6.54 Å². The molecule has 2 aromatic carbocycles. The summed E-state index contributed by atoms with van der Waals surface area (Å²) in [7, 11) is 0. The number of carbonyl (C=O) groups excluding carboxylic acids is 1. The zero-order chi connectivity index (χ0) is 17.8. The van der Waals surface area contributed by atoms with E-state index < -0.39 is 0 Å². The molecule has 0 radical (unpaired) electrons. The Morgan fingerprint density at radius 2 is 1.88 bits per heavy atom. The van der Waals surface area contributed by atoms with Crippen LogP contribution in [-0.4, -0.2) is 25.7 Å². The summed E-state index contributed by atoms with van der Waals surface area (Å²) in [5.74, 6) is -0.215. The highest BCUT2D eigenvalue weighted by Crippen LogP contribution is 2.23. The fourth-order valence-electron chi connectivity index (χ4n) is 2.48. The van der Waals surface area contributed by atoms with Crippen LogP contribution in [0.1, 0.15) is 16.1 Å². The van der Waals surface area contributed by atoms with Crippen LogP contribution in [0.2, 0.25) is 0 Å². The van der Waals surface area contributed by atoms with Gasteiger partial charge in [-0.1, -0.05) is 42.5 Å². The van der Waals surface area contributed by atoms with E-state index in [2.05, 4.69) is 20.4 Å². The molecule has 2 aromatic heterocycles. The van der Waals surface area contributed by atoms with Crippen LogP contribution in [0.3, 0.4) is 0 Å². The second-order valence-corrected chi connectivity index (χ2v) is 6.51. The average Bonchev–Trinajstić information content (AvgIpc) is 3.36. The van der Waals surface area contributed by atoms with Crippen LogP contribution >= 0.6 is 11.3 Å². The molecule has 4 aromatic rings.